The van der Waals surface area contributed by atoms with Gasteiger partial charge in [-0.1, -0.05) is 30.3 Å². The topological polar surface area (TPSA) is 21.7 Å². The van der Waals surface area contributed by atoms with Crippen molar-refractivity contribution in [2.75, 3.05) is 32.6 Å². The quantitative estimate of drug-likeness (QED) is 0.754. The monoisotopic (exact) mass is 329 g/mol. The van der Waals surface area contributed by atoms with E-state index >= 15 is 0 Å². The van der Waals surface area contributed by atoms with Gasteiger partial charge in [-0.15, -0.1) is 11.8 Å². The van der Waals surface area contributed by atoms with Crippen molar-refractivity contribution in [2.24, 2.45) is 0 Å². The van der Waals surface area contributed by atoms with E-state index in [1.807, 2.05) is 23.9 Å². The van der Waals surface area contributed by atoms with Gasteiger partial charge in [0.15, 0.2) is 0 Å². The van der Waals surface area contributed by atoms with Gasteiger partial charge in [0.05, 0.1) is 20.3 Å². The van der Waals surface area contributed by atoms with Crippen molar-refractivity contribution in [3.8, 4) is 5.75 Å². The average Bonchev–Trinajstić information content (AvgIpc) is 2.62. The maximum absolute atomic E-state index is 5.70. The molecule has 2 aromatic carbocycles. The van der Waals surface area contributed by atoms with E-state index in [1.165, 1.54) is 10.5 Å². The van der Waals surface area contributed by atoms with Gasteiger partial charge in [-0.05, 0) is 29.8 Å². The fourth-order valence-corrected chi connectivity index (χ4v) is 3.77. The van der Waals surface area contributed by atoms with Crippen molar-refractivity contribution in [2.45, 2.75) is 17.5 Å². The summed E-state index contributed by atoms with van der Waals surface area (Å²) in [4.78, 5) is 3.85. The molecule has 0 aromatic heterocycles. The number of rotatable bonds is 6. The molecule has 1 aliphatic rings. The fraction of sp³-hybridized carbons (Fsp3) is 0.368. The molecule has 1 aliphatic heterocycles. The van der Waals surface area contributed by atoms with Crippen LogP contribution in [0.1, 0.15) is 5.56 Å². The number of benzene rings is 2. The van der Waals surface area contributed by atoms with Gasteiger partial charge in [-0.25, -0.2) is 0 Å². The van der Waals surface area contributed by atoms with Crippen LogP contribution in [0.4, 0.5) is 0 Å². The predicted molar refractivity (Wildman–Crippen MR) is 95.2 cm³/mol. The molecule has 2 aromatic rings. The van der Waals surface area contributed by atoms with E-state index in [1.54, 1.807) is 7.11 Å². The van der Waals surface area contributed by atoms with E-state index in [-0.39, 0.29) is 0 Å². The standard InChI is InChI=1S/C19H23NO2S/c1-21-18-9-7-16(8-10-18)13-20-11-12-22-14-17(20)15-23-19-5-3-2-4-6-19/h2-10,17H,11-15H2,1H3/t17-/m1/s1. The molecular formula is C19H23NO2S. The lowest BCUT2D eigenvalue weighted by Crippen LogP contribution is -2.46. The number of thioether (sulfide) groups is 1. The van der Waals surface area contributed by atoms with E-state index in [9.17, 15) is 0 Å². The lowest BCUT2D eigenvalue weighted by Gasteiger charge is -2.35. The van der Waals surface area contributed by atoms with Gasteiger partial charge in [-0.3, -0.25) is 4.90 Å². The number of methoxy groups -OCH3 is 1. The minimum Gasteiger partial charge on any atom is -0.497 e. The first-order chi connectivity index (χ1) is 11.3. The SMILES string of the molecule is COc1ccc(CN2CCOC[C@@H]2CSc2ccccc2)cc1. The molecule has 0 radical (unpaired) electrons. The van der Waals surface area contributed by atoms with Crippen LogP contribution in [0.3, 0.4) is 0 Å². The molecule has 3 nitrogen and oxygen atoms in total. The highest BCUT2D eigenvalue weighted by Gasteiger charge is 2.23. The van der Waals surface area contributed by atoms with E-state index in [0.717, 1.165) is 37.8 Å². The van der Waals surface area contributed by atoms with Crippen LogP contribution < -0.4 is 4.74 Å². The van der Waals surface area contributed by atoms with Gasteiger partial charge in [0.25, 0.3) is 0 Å². The van der Waals surface area contributed by atoms with Crippen molar-refractivity contribution in [3.63, 3.8) is 0 Å². The second-order valence-corrected chi connectivity index (χ2v) is 6.76. The van der Waals surface area contributed by atoms with Gasteiger partial charge in [0.1, 0.15) is 5.75 Å². The van der Waals surface area contributed by atoms with Crippen molar-refractivity contribution in [1.29, 1.82) is 0 Å². The molecule has 23 heavy (non-hydrogen) atoms. The zero-order chi connectivity index (χ0) is 15.9. The van der Waals surface area contributed by atoms with Crippen molar-refractivity contribution < 1.29 is 9.47 Å². The third kappa shape index (κ3) is 4.74. The molecule has 1 saturated heterocycles. The summed E-state index contributed by atoms with van der Waals surface area (Å²) in [5.74, 6) is 1.96. The molecule has 3 rings (SSSR count). The molecule has 4 heteroatoms. The van der Waals surface area contributed by atoms with Gasteiger partial charge >= 0.3 is 0 Å². The molecular weight excluding hydrogens is 306 g/mol. The first kappa shape index (κ1) is 16.4. The third-order valence-corrected chi connectivity index (χ3v) is 5.24. The summed E-state index contributed by atoms with van der Waals surface area (Å²) in [5, 5.41) is 0. The van der Waals surface area contributed by atoms with Crippen molar-refractivity contribution in [1.82, 2.24) is 4.90 Å². The zero-order valence-electron chi connectivity index (χ0n) is 13.5. The van der Waals surface area contributed by atoms with Gasteiger partial charge < -0.3 is 9.47 Å². The summed E-state index contributed by atoms with van der Waals surface area (Å²) < 4.78 is 10.9. The molecule has 1 fully saturated rings. The minimum absolute atomic E-state index is 0.455. The normalized spacial score (nSPS) is 18.7. The fourth-order valence-electron chi connectivity index (χ4n) is 2.73. The highest BCUT2D eigenvalue weighted by molar-refractivity contribution is 7.99. The molecule has 0 amide bonds. The largest absolute Gasteiger partial charge is 0.497 e. The zero-order valence-corrected chi connectivity index (χ0v) is 14.3. The molecule has 0 saturated carbocycles. The van der Waals surface area contributed by atoms with Crippen LogP contribution >= 0.6 is 11.8 Å². The van der Waals surface area contributed by atoms with Crippen LogP contribution in [0.25, 0.3) is 0 Å². The molecule has 0 spiro atoms. The smallest absolute Gasteiger partial charge is 0.118 e. The van der Waals surface area contributed by atoms with Crippen molar-refractivity contribution in [3.05, 3.63) is 60.2 Å². The Morgan fingerprint density at radius 3 is 2.65 bits per heavy atom. The van der Waals surface area contributed by atoms with Gasteiger partial charge in [-0.2, -0.15) is 0 Å². The number of morpholine rings is 1. The Labute approximate surface area is 142 Å². The van der Waals surface area contributed by atoms with Crippen LogP contribution in [0, 0.1) is 0 Å². The van der Waals surface area contributed by atoms with Gasteiger partial charge in [0, 0.05) is 29.8 Å². The average molecular weight is 329 g/mol. The minimum atomic E-state index is 0.455. The number of hydrogen-bond donors (Lipinski definition) is 0. The summed E-state index contributed by atoms with van der Waals surface area (Å²) in [5.41, 5.74) is 1.32. The van der Waals surface area contributed by atoms with Gasteiger partial charge in [0.2, 0.25) is 0 Å². The molecule has 0 unspecified atom stereocenters. The summed E-state index contributed by atoms with van der Waals surface area (Å²) in [7, 11) is 1.70. The predicted octanol–water partition coefficient (Wildman–Crippen LogP) is 3.69. The maximum Gasteiger partial charge on any atom is 0.118 e. The second-order valence-electron chi connectivity index (χ2n) is 5.67. The van der Waals surface area contributed by atoms with E-state index in [4.69, 9.17) is 9.47 Å². The van der Waals surface area contributed by atoms with E-state index in [0.29, 0.717) is 6.04 Å². The molecule has 1 heterocycles. The Morgan fingerprint density at radius 1 is 1.13 bits per heavy atom. The van der Waals surface area contributed by atoms with Crippen LogP contribution in [0.15, 0.2) is 59.5 Å². The molecule has 122 valence electrons. The third-order valence-electron chi connectivity index (χ3n) is 4.08. The maximum atomic E-state index is 5.70. The van der Waals surface area contributed by atoms with E-state index in [2.05, 4.69) is 47.4 Å². The summed E-state index contributed by atoms with van der Waals surface area (Å²) in [6, 6.07) is 19.4. The summed E-state index contributed by atoms with van der Waals surface area (Å²) >= 11 is 1.91. The van der Waals surface area contributed by atoms with E-state index < -0.39 is 0 Å². The summed E-state index contributed by atoms with van der Waals surface area (Å²) in [6.45, 7) is 3.60. The first-order valence-corrected chi connectivity index (χ1v) is 8.96. The highest BCUT2D eigenvalue weighted by Crippen LogP contribution is 2.23. The Bertz CT molecular complexity index is 588. The molecule has 0 bridgehead atoms. The summed E-state index contributed by atoms with van der Waals surface area (Å²) in [6.07, 6.45) is 0. The molecule has 0 N–H and O–H groups in total. The Kier molecular flexibility index (Phi) is 5.97. The number of ether oxygens (including phenoxy) is 2. The lowest BCUT2D eigenvalue weighted by atomic mass is 10.1. The highest BCUT2D eigenvalue weighted by atomic mass is 32.2. The number of nitrogens with zero attached hydrogens (tertiary/aromatic N) is 1. The van der Waals surface area contributed by atoms with Crippen LogP contribution in [-0.4, -0.2) is 43.6 Å². The Balaban J connectivity index is 1.59. The Hall–Kier alpha value is -1.49. The van der Waals surface area contributed by atoms with Crippen LogP contribution in [0.2, 0.25) is 0 Å². The first-order valence-electron chi connectivity index (χ1n) is 7.98. The lowest BCUT2D eigenvalue weighted by molar-refractivity contribution is -0.00256. The molecule has 1 atom stereocenters. The second kappa shape index (κ2) is 8.39. The van der Waals surface area contributed by atoms with Crippen LogP contribution in [0.5, 0.6) is 5.75 Å². The number of hydrogen-bond acceptors (Lipinski definition) is 4. The molecule has 0 aliphatic carbocycles. The van der Waals surface area contributed by atoms with Crippen LogP contribution in [-0.2, 0) is 11.3 Å². The van der Waals surface area contributed by atoms with Crippen molar-refractivity contribution >= 4 is 11.8 Å². The Morgan fingerprint density at radius 2 is 1.91 bits per heavy atom.